The molecule has 0 amide bonds. The fourth-order valence-corrected chi connectivity index (χ4v) is 5.56. The Kier molecular flexibility index (Phi) is 6.41. The molecule has 1 aliphatic carbocycles. The van der Waals surface area contributed by atoms with Crippen molar-refractivity contribution in [3.05, 3.63) is 24.3 Å². The van der Waals surface area contributed by atoms with Gasteiger partial charge in [0.1, 0.15) is 11.0 Å². The van der Waals surface area contributed by atoms with Gasteiger partial charge in [-0.1, -0.05) is 6.92 Å². The SMILES string of the molecule is CCc1nc2c(N)ncc(-c3cnn(C4CCN(C5COC5)CC4)c3)c2nc1/N=C1\CC[C@H](CO)C1. The molecule has 6 rings (SSSR count). The molecule has 1 atom stereocenters. The molecule has 2 aliphatic heterocycles. The second-order valence-electron chi connectivity index (χ2n) is 10.2. The first-order chi connectivity index (χ1) is 17.6. The highest BCUT2D eigenvalue weighted by Gasteiger charge is 2.30. The number of nitrogens with zero attached hydrogens (tertiary/aromatic N) is 7. The van der Waals surface area contributed by atoms with Gasteiger partial charge in [-0.15, -0.1) is 0 Å². The highest BCUT2D eigenvalue weighted by Crippen LogP contribution is 2.34. The third kappa shape index (κ3) is 4.38. The number of ether oxygens (including phenoxy) is 1. The molecule has 3 aromatic heterocycles. The maximum atomic E-state index is 9.51. The van der Waals surface area contributed by atoms with Crippen LogP contribution in [0.3, 0.4) is 0 Å². The lowest BCUT2D eigenvalue weighted by Crippen LogP contribution is -2.51. The molecule has 3 fully saturated rings. The van der Waals surface area contributed by atoms with Gasteiger partial charge in [-0.05, 0) is 44.4 Å². The van der Waals surface area contributed by atoms with E-state index in [-0.39, 0.29) is 12.5 Å². The van der Waals surface area contributed by atoms with E-state index in [0.717, 1.165) is 80.9 Å². The van der Waals surface area contributed by atoms with E-state index in [4.69, 9.17) is 30.5 Å². The molecule has 10 heteroatoms. The summed E-state index contributed by atoms with van der Waals surface area (Å²) in [6, 6.07) is 0.972. The molecule has 0 unspecified atom stereocenters. The number of aliphatic hydroxyl groups is 1. The minimum atomic E-state index is 0.202. The number of rotatable bonds is 6. The van der Waals surface area contributed by atoms with Crippen LogP contribution in [-0.2, 0) is 11.2 Å². The van der Waals surface area contributed by atoms with Crippen molar-refractivity contribution in [2.24, 2.45) is 10.9 Å². The second-order valence-corrected chi connectivity index (χ2v) is 10.2. The van der Waals surface area contributed by atoms with Crippen LogP contribution in [0.2, 0.25) is 0 Å². The highest BCUT2D eigenvalue weighted by atomic mass is 16.5. The number of fused-ring (bicyclic) bond motifs is 1. The van der Waals surface area contributed by atoms with Gasteiger partial charge in [-0.3, -0.25) is 9.58 Å². The van der Waals surface area contributed by atoms with Crippen LogP contribution in [0, 0.1) is 5.92 Å². The van der Waals surface area contributed by atoms with E-state index in [1.807, 2.05) is 13.1 Å². The van der Waals surface area contributed by atoms with Gasteiger partial charge < -0.3 is 15.6 Å². The molecule has 10 nitrogen and oxygen atoms in total. The maximum absolute atomic E-state index is 9.51. The number of aliphatic imine (C=N–C) groups is 1. The van der Waals surface area contributed by atoms with E-state index >= 15 is 0 Å². The predicted octanol–water partition coefficient (Wildman–Crippen LogP) is 2.93. The number of piperidine rings is 1. The van der Waals surface area contributed by atoms with E-state index in [1.54, 1.807) is 6.20 Å². The fourth-order valence-electron chi connectivity index (χ4n) is 5.56. The molecular weight excluding hydrogens is 456 g/mol. The Labute approximate surface area is 210 Å². The molecule has 0 spiro atoms. The minimum Gasteiger partial charge on any atom is -0.396 e. The summed E-state index contributed by atoms with van der Waals surface area (Å²) in [5.41, 5.74) is 11.3. The van der Waals surface area contributed by atoms with E-state index in [2.05, 4.69) is 20.8 Å². The lowest BCUT2D eigenvalue weighted by atomic mass is 10.0. The van der Waals surface area contributed by atoms with Crippen molar-refractivity contribution in [3.8, 4) is 11.1 Å². The summed E-state index contributed by atoms with van der Waals surface area (Å²) in [7, 11) is 0. The number of aryl methyl sites for hydroxylation is 1. The number of hydrogen-bond acceptors (Lipinski definition) is 9. The Bertz CT molecular complexity index is 1280. The standard InChI is InChI=1S/C26H34N8O2/c1-2-22-26(30-18-4-3-16(9-18)13-35)32-23-21(11-28-25(27)24(23)31-22)17-10-29-34(12-17)19-5-7-33(8-6-19)20-14-36-15-20/h10-12,16,19-20,35H,2-9,13-15H2,1H3,(H2,27,28)/b30-18+/t16-/m0/s1. The van der Waals surface area contributed by atoms with Crippen molar-refractivity contribution in [1.82, 2.24) is 29.6 Å². The van der Waals surface area contributed by atoms with Crippen molar-refractivity contribution >= 4 is 28.4 Å². The van der Waals surface area contributed by atoms with Gasteiger partial charge in [-0.25, -0.2) is 19.9 Å². The van der Waals surface area contributed by atoms with Gasteiger partial charge in [-0.2, -0.15) is 5.10 Å². The van der Waals surface area contributed by atoms with Gasteiger partial charge >= 0.3 is 0 Å². The molecule has 1 saturated carbocycles. The Morgan fingerprint density at radius 2 is 1.94 bits per heavy atom. The molecule has 3 aromatic rings. The van der Waals surface area contributed by atoms with Crippen molar-refractivity contribution in [2.45, 2.75) is 57.5 Å². The summed E-state index contributed by atoms with van der Waals surface area (Å²) in [6.45, 7) is 6.13. The summed E-state index contributed by atoms with van der Waals surface area (Å²) < 4.78 is 7.45. The average molecular weight is 491 g/mol. The Morgan fingerprint density at radius 1 is 1.11 bits per heavy atom. The number of pyridine rings is 1. The number of anilines is 1. The normalized spacial score (nSPS) is 23.1. The molecule has 2 saturated heterocycles. The number of nitrogens with two attached hydrogens (primary N) is 1. The summed E-state index contributed by atoms with van der Waals surface area (Å²) in [5, 5.41) is 14.2. The van der Waals surface area contributed by atoms with E-state index in [0.29, 0.717) is 41.2 Å². The molecule has 5 heterocycles. The smallest absolute Gasteiger partial charge is 0.174 e. The summed E-state index contributed by atoms with van der Waals surface area (Å²) in [6.07, 6.45) is 11.3. The van der Waals surface area contributed by atoms with Crippen LogP contribution < -0.4 is 5.73 Å². The van der Waals surface area contributed by atoms with Gasteiger partial charge in [0.2, 0.25) is 0 Å². The van der Waals surface area contributed by atoms with Crippen molar-refractivity contribution in [1.29, 1.82) is 0 Å². The first-order valence-electron chi connectivity index (χ1n) is 13.1. The number of nitrogen functional groups attached to an aromatic ring is 1. The third-order valence-corrected chi connectivity index (χ3v) is 7.92. The van der Waals surface area contributed by atoms with Gasteiger partial charge in [0.25, 0.3) is 0 Å². The van der Waals surface area contributed by atoms with Crippen LogP contribution in [-0.4, -0.2) is 79.4 Å². The van der Waals surface area contributed by atoms with Gasteiger partial charge in [0.05, 0.1) is 37.2 Å². The summed E-state index contributed by atoms with van der Waals surface area (Å²) >= 11 is 0. The van der Waals surface area contributed by atoms with Crippen molar-refractivity contribution < 1.29 is 9.84 Å². The van der Waals surface area contributed by atoms with Crippen LogP contribution in [0.15, 0.2) is 23.6 Å². The van der Waals surface area contributed by atoms with Crippen LogP contribution in [0.5, 0.6) is 0 Å². The Hall–Kier alpha value is -2.95. The Balaban J connectivity index is 1.31. The zero-order chi connectivity index (χ0) is 24.6. The quantitative estimate of drug-likeness (QED) is 0.540. The largest absolute Gasteiger partial charge is 0.396 e. The summed E-state index contributed by atoms with van der Waals surface area (Å²) in [4.78, 5) is 21.7. The first-order valence-corrected chi connectivity index (χ1v) is 13.1. The van der Waals surface area contributed by atoms with Gasteiger partial charge in [0.15, 0.2) is 11.6 Å². The third-order valence-electron chi connectivity index (χ3n) is 7.92. The maximum Gasteiger partial charge on any atom is 0.174 e. The molecule has 0 bridgehead atoms. The van der Waals surface area contributed by atoms with Crippen LogP contribution in [0.4, 0.5) is 11.6 Å². The predicted molar refractivity (Wildman–Crippen MR) is 138 cm³/mol. The van der Waals surface area contributed by atoms with Crippen molar-refractivity contribution in [2.75, 3.05) is 38.6 Å². The first kappa shape index (κ1) is 23.4. The summed E-state index contributed by atoms with van der Waals surface area (Å²) in [5.74, 6) is 1.30. The lowest BCUT2D eigenvalue weighted by Gasteiger charge is -2.41. The van der Waals surface area contributed by atoms with Crippen LogP contribution >= 0.6 is 0 Å². The lowest BCUT2D eigenvalue weighted by molar-refractivity contribution is -0.0734. The second kappa shape index (κ2) is 9.84. The number of aliphatic hydroxyl groups excluding tert-OH is 1. The fraction of sp³-hybridized carbons (Fsp3) is 0.577. The molecule has 0 radical (unpaired) electrons. The molecule has 190 valence electrons. The monoisotopic (exact) mass is 490 g/mol. The number of likely N-dealkylation sites (tertiary alicyclic amines) is 1. The number of hydrogen-bond donors (Lipinski definition) is 2. The zero-order valence-electron chi connectivity index (χ0n) is 20.8. The molecular formula is C26H34N8O2. The topological polar surface area (TPSA) is 128 Å². The molecule has 36 heavy (non-hydrogen) atoms. The minimum absolute atomic E-state index is 0.202. The average Bonchev–Trinajstić information content (AvgIpc) is 3.53. The van der Waals surface area contributed by atoms with E-state index in [1.165, 1.54) is 0 Å². The van der Waals surface area contributed by atoms with Crippen LogP contribution in [0.25, 0.3) is 22.2 Å². The van der Waals surface area contributed by atoms with Crippen LogP contribution in [0.1, 0.15) is 50.8 Å². The Morgan fingerprint density at radius 3 is 2.64 bits per heavy atom. The van der Waals surface area contributed by atoms with Gasteiger partial charge in [0, 0.05) is 48.9 Å². The number of aromatic nitrogens is 5. The van der Waals surface area contributed by atoms with Crippen molar-refractivity contribution in [3.63, 3.8) is 0 Å². The zero-order valence-corrected chi connectivity index (χ0v) is 20.8. The molecule has 3 aliphatic rings. The molecule has 3 N–H and O–H groups in total. The van der Waals surface area contributed by atoms with E-state index < -0.39 is 0 Å². The van der Waals surface area contributed by atoms with E-state index in [9.17, 15) is 5.11 Å². The molecule has 0 aromatic carbocycles. The highest BCUT2D eigenvalue weighted by molar-refractivity contribution is 5.97.